The fourth-order valence-electron chi connectivity index (χ4n) is 1.50. The molecule has 15 heavy (non-hydrogen) atoms. The Hall–Kier alpha value is -1.25. The van der Waals surface area contributed by atoms with Crippen LogP contribution in [0.4, 0.5) is 15.8 Å². The predicted molar refractivity (Wildman–Crippen MR) is 63.4 cm³/mol. The summed E-state index contributed by atoms with van der Waals surface area (Å²) < 4.78 is 13.4. The summed E-state index contributed by atoms with van der Waals surface area (Å²) in [6.07, 6.45) is 3.38. The van der Waals surface area contributed by atoms with Crippen molar-refractivity contribution in [2.24, 2.45) is 0 Å². The van der Waals surface area contributed by atoms with Gasteiger partial charge in [0.05, 0.1) is 5.69 Å². The second-order valence-electron chi connectivity index (χ2n) is 3.93. The maximum absolute atomic E-state index is 13.4. The predicted octanol–water partition coefficient (Wildman–Crippen LogP) is 3.40. The first-order valence-electron chi connectivity index (χ1n) is 5.45. The molecule has 0 saturated heterocycles. The Bertz CT molecular complexity index is 312. The van der Waals surface area contributed by atoms with Crippen LogP contribution in [0.25, 0.3) is 0 Å². The van der Waals surface area contributed by atoms with Gasteiger partial charge in [0.25, 0.3) is 0 Å². The number of nitrogens with two attached hydrogens (primary N) is 1. The van der Waals surface area contributed by atoms with Gasteiger partial charge >= 0.3 is 0 Å². The van der Waals surface area contributed by atoms with Crippen LogP contribution in [0.3, 0.4) is 0 Å². The molecule has 84 valence electrons. The number of benzene rings is 1. The highest BCUT2D eigenvalue weighted by molar-refractivity contribution is 5.52. The fraction of sp³-hybridized carbons (Fsp3) is 0.500. The van der Waals surface area contributed by atoms with E-state index in [1.807, 2.05) is 0 Å². The highest BCUT2D eigenvalue weighted by Gasteiger charge is 2.05. The SMILES string of the molecule is CCCCC(C)Nc1ccc(N)cc1F. The molecule has 0 aliphatic heterocycles. The third-order valence-electron chi connectivity index (χ3n) is 2.39. The van der Waals surface area contributed by atoms with Crippen molar-refractivity contribution in [1.82, 2.24) is 0 Å². The number of unbranched alkanes of at least 4 members (excludes halogenated alkanes) is 1. The minimum atomic E-state index is -0.279. The van der Waals surface area contributed by atoms with Crippen molar-refractivity contribution in [2.75, 3.05) is 11.1 Å². The van der Waals surface area contributed by atoms with Crippen molar-refractivity contribution in [3.8, 4) is 0 Å². The molecule has 1 aromatic carbocycles. The molecule has 0 fully saturated rings. The van der Waals surface area contributed by atoms with Gasteiger partial charge in [-0.15, -0.1) is 0 Å². The van der Waals surface area contributed by atoms with Crippen LogP contribution in [0.15, 0.2) is 18.2 Å². The topological polar surface area (TPSA) is 38.0 Å². The number of nitrogen functional groups attached to an aromatic ring is 1. The summed E-state index contributed by atoms with van der Waals surface area (Å²) in [6.45, 7) is 4.21. The van der Waals surface area contributed by atoms with E-state index in [0.29, 0.717) is 17.4 Å². The molecule has 1 atom stereocenters. The van der Waals surface area contributed by atoms with E-state index in [9.17, 15) is 4.39 Å². The van der Waals surface area contributed by atoms with Crippen LogP contribution in [-0.4, -0.2) is 6.04 Å². The van der Waals surface area contributed by atoms with Gasteiger partial charge in [-0.25, -0.2) is 4.39 Å². The van der Waals surface area contributed by atoms with Crippen molar-refractivity contribution >= 4 is 11.4 Å². The van der Waals surface area contributed by atoms with Crippen LogP contribution in [0.5, 0.6) is 0 Å². The van der Waals surface area contributed by atoms with Crippen molar-refractivity contribution in [2.45, 2.75) is 39.2 Å². The van der Waals surface area contributed by atoms with Crippen LogP contribution >= 0.6 is 0 Å². The van der Waals surface area contributed by atoms with E-state index in [-0.39, 0.29) is 5.82 Å². The normalized spacial score (nSPS) is 12.5. The van der Waals surface area contributed by atoms with Gasteiger partial charge in [0, 0.05) is 11.7 Å². The first-order valence-corrected chi connectivity index (χ1v) is 5.45. The van der Waals surface area contributed by atoms with Gasteiger partial charge < -0.3 is 11.1 Å². The number of hydrogen-bond donors (Lipinski definition) is 2. The monoisotopic (exact) mass is 210 g/mol. The zero-order valence-electron chi connectivity index (χ0n) is 9.39. The lowest BCUT2D eigenvalue weighted by molar-refractivity contribution is 0.613. The fourth-order valence-corrected chi connectivity index (χ4v) is 1.50. The molecule has 0 heterocycles. The van der Waals surface area contributed by atoms with Crippen LogP contribution in [0, 0.1) is 5.82 Å². The molecular formula is C12H19FN2. The Labute approximate surface area is 90.7 Å². The quantitative estimate of drug-likeness (QED) is 0.731. The average Bonchev–Trinajstić information content (AvgIpc) is 2.19. The van der Waals surface area contributed by atoms with Gasteiger partial charge in [-0.2, -0.15) is 0 Å². The lowest BCUT2D eigenvalue weighted by atomic mass is 10.1. The van der Waals surface area contributed by atoms with E-state index < -0.39 is 0 Å². The second kappa shape index (κ2) is 5.59. The van der Waals surface area contributed by atoms with E-state index in [1.165, 1.54) is 6.07 Å². The minimum absolute atomic E-state index is 0.279. The molecule has 0 radical (unpaired) electrons. The highest BCUT2D eigenvalue weighted by atomic mass is 19.1. The molecule has 0 aromatic heterocycles. The maximum Gasteiger partial charge on any atom is 0.148 e. The average molecular weight is 210 g/mol. The summed E-state index contributed by atoms with van der Waals surface area (Å²) in [4.78, 5) is 0. The minimum Gasteiger partial charge on any atom is -0.399 e. The smallest absolute Gasteiger partial charge is 0.148 e. The lowest BCUT2D eigenvalue weighted by Gasteiger charge is -2.15. The summed E-state index contributed by atoms with van der Waals surface area (Å²) in [5, 5.41) is 3.14. The first-order chi connectivity index (χ1) is 7.13. The molecule has 1 aromatic rings. The lowest BCUT2D eigenvalue weighted by Crippen LogP contribution is -2.15. The van der Waals surface area contributed by atoms with Gasteiger partial charge in [-0.3, -0.25) is 0 Å². The van der Waals surface area contributed by atoms with E-state index in [0.717, 1.165) is 19.3 Å². The molecule has 0 amide bonds. The summed E-state index contributed by atoms with van der Waals surface area (Å²) in [7, 11) is 0. The number of halogens is 1. The number of anilines is 2. The van der Waals surface area contributed by atoms with Gasteiger partial charge in [0.15, 0.2) is 0 Å². The molecule has 0 bridgehead atoms. The molecular weight excluding hydrogens is 191 g/mol. The molecule has 3 heteroatoms. The largest absolute Gasteiger partial charge is 0.399 e. The molecule has 1 unspecified atom stereocenters. The van der Waals surface area contributed by atoms with Gasteiger partial charge in [0.1, 0.15) is 5.82 Å². The second-order valence-corrected chi connectivity index (χ2v) is 3.93. The molecule has 0 aliphatic carbocycles. The van der Waals surface area contributed by atoms with Crippen molar-refractivity contribution in [1.29, 1.82) is 0 Å². The van der Waals surface area contributed by atoms with Crippen LogP contribution in [0.1, 0.15) is 33.1 Å². The van der Waals surface area contributed by atoms with Crippen LogP contribution in [0.2, 0.25) is 0 Å². The third kappa shape index (κ3) is 3.78. The highest BCUT2D eigenvalue weighted by Crippen LogP contribution is 2.18. The van der Waals surface area contributed by atoms with E-state index in [1.54, 1.807) is 12.1 Å². The number of nitrogens with one attached hydrogen (secondary N) is 1. The van der Waals surface area contributed by atoms with E-state index in [4.69, 9.17) is 5.73 Å². The van der Waals surface area contributed by atoms with E-state index in [2.05, 4.69) is 19.2 Å². The molecule has 0 spiro atoms. The zero-order chi connectivity index (χ0) is 11.3. The summed E-state index contributed by atoms with van der Waals surface area (Å²) in [5.74, 6) is -0.279. The Morgan fingerprint density at radius 1 is 1.47 bits per heavy atom. The maximum atomic E-state index is 13.4. The standard InChI is InChI=1S/C12H19FN2/c1-3-4-5-9(2)15-12-7-6-10(14)8-11(12)13/h6-9,15H,3-5,14H2,1-2H3. The molecule has 1 rings (SSSR count). The van der Waals surface area contributed by atoms with Gasteiger partial charge in [0.2, 0.25) is 0 Å². The molecule has 2 nitrogen and oxygen atoms in total. The molecule has 0 saturated carbocycles. The Morgan fingerprint density at radius 3 is 2.80 bits per heavy atom. The Balaban J connectivity index is 2.56. The number of rotatable bonds is 5. The van der Waals surface area contributed by atoms with Gasteiger partial charge in [-0.1, -0.05) is 19.8 Å². The Morgan fingerprint density at radius 2 is 2.20 bits per heavy atom. The van der Waals surface area contributed by atoms with Gasteiger partial charge in [-0.05, 0) is 31.5 Å². The first kappa shape index (κ1) is 11.8. The van der Waals surface area contributed by atoms with Crippen LogP contribution < -0.4 is 11.1 Å². The zero-order valence-corrected chi connectivity index (χ0v) is 9.39. The van der Waals surface area contributed by atoms with Crippen LogP contribution in [-0.2, 0) is 0 Å². The van der Waals surface area contributed by atoms with Crippen molar-refractivity contribution in [3.05, 3.63) is 24.0 Å². The molecule has 3 N–H and O–H groups in total. The third-order valence-corrected chi connectivity index (χ3v) is 2.39. The Kier molecular flexibility index (Phi) is 4.40. The summed E-state index contributed by atoms with van der Waals surface area (Å²) in [5.41, 5.74) is 6.46. The number of hydrogen-bond acceptors (Lipinski definition) is 2. The molecule has 0 aliphatic rings. The van der Waals surface area contributed by atoms with E-state index >= 15 is 0 Å². The summed E-state index contributed by atoms with van der Waals surface area (Å²) in [6, 6.07) is 5.03. The van der Waals surface area contributed by atoms with Crippen molar-refractivity contribution in [3.63, 3.8) is 0 Å². The van der Waals surface area contributed by atoms with Crippen molar-refractivity contribution < 1.29 is 4.39 Å². The summed E-state index contributed by atoms with van der Waals surface area (Å²) >= 11 is 0.